The standard InChI is InChI=1S/C28H35FN2O5S/c1-5-28(6-2,27(32)30-37(4,33)34)18-31-13-11-19(12-14-31)26-23-10-8-22(35-3)15-20(23)17-36-25-16-21(29)7-9-24(25)26/h7-10,15-16H,5-6,11-14,17-18H2,1-4H3,(H,30,32). The first-order valence-corrected chi connectivity index (χ1v) is 14.5. The number of halogens is 1. The Kier molecular flexibility index (Phi) is 7.94. The molecule has 0 unspecified atom stereocenters. The number of nitrogens with zero attached hydrogens (tertiary/aromatic N) is 1. The number of fused-ring (bicyclic) bond motifs is 2. The second kappa shape index (κ2) is 10.8. The molecule has 2 aliphatic rings. The quantitative estimate of drug-likeness (QED) is 0.567. The van der Waals surface area contributed by atoms with Gasteiger partial charge in [0, 0.05) is 36.8 Å². The average molecular weight is 531 g/mol. The van der Waals surface area contributed by atoms with Crippen molar-refractivity contribution >= 4 is 21.5 Å². The van der Waals surface area contributed by atoms with Gasteiger partial charge in [-0.2, -0.15) is 0 Å². The van der Waals surface area contributed by atoms with Gasteiger partial charge in [0.1, 0.15) is 23.9 Å². The SMILES string of the molecule is CCC(CC)(CN1CCC(=C2c3ccc(OC)cc3COc3cc(F)ccc32)CC1)C(=O)NS(C)(=O)=O. The molecule has 0 saturated carbocycles. The fourth-order valence-corrected chi connectivity index (χ4v) is 5.92. The Hall–Kier alpha value is -2.91. The molecule has 2 aromatic carbocycles. The van der Waals surface area contributed by atoms with Gasteiger partial charge in [-0.1, -0.05) is 25.5 Å². The van der Waals surface area contributed by atoms with E-state index in [1.807, 2.05) is 32.0 Å². The fraction of sp³-hybridized carbons (Fsp3) is 0.464. The largest absolute Gasteiger partial charge is 0.497 e. The zero-order valence-electron chi connectivity index (χ0n) is 21.9. The molecular weight excluding hydrogens is 495 g/mol. The van der Waals surface area contributed by atoms with Gasteiger partial charge in [0.05, 0.1) is 18.8 Å². The van der Waals surface area contributed by atoms with Crippen molar-refractivity contribution in [3.63, 3.8) is 0 Å². The number of amides is 1. The maximum absolute atomic E-state index is 14.1. The van der Waals surface area contributed by atoms with E-state index in [-0.39, 0.29) is 5.82 Å². The smallest absolute Gasteiger partial charge is 0.240 e. The lowest BCUT2D eigenvalue weighted by molar-refractivity contribution is -0.131. The van der Waals surface area contributed by atoms with Gasteiger partial charge in [-0.25, -0.2) is 12.8 Å². The minimum absolute atomic E-state index is 0.316. The molecule has 1 fully saturated rings. The van der Waals surface area contributed by atoms with Crippen LogP contribution >= 0.6 is 0 Å². The van der Waals surface area contributed by atoms with Crippen molar-refractivity contribution in [3.05, 3.63) is 64.5 Å². The van der Waals surface area contributed by atoms with Crippen LogP contribution in [0.3, 0.4) is 0 Å². The van der Waals surface area contributed by atoms with Crippen molar-refractivity contribution in [2.75, 3.05) is 33.0 Å². The third kappa shape index (κ3) is 5.83. The van der Waals surface area contributed by atoms with Crippen molar-refractivity contribution in [2.24, 2.45) is 5.41 Å². The Morgan fingerprint density at radius 1 is 1.11 bits per heavy atom. The molecule has 2 aliphatic heterocycles. The summed E-state index contributed by atoms with van der Waals surface area (Å²) in [7, 11) is -2.01. The predicted molar refractivity (Wildman–Crippen MR) is 141 cm³/mol. The normalized spacial score (nSPS) is 16.4. The van der Waals surface area contributed by atoms with Crippen LogP contribution in [0.15, 0.2) is 42.0 Å². The van der Waals surface area contributed by atoms with E-state index in [4.69, 9.17) is 9.47 Å². The minimum atomic E-state index is -3.63. The number of hydrogen-bond donors (Lipinski definition) is 1. The van der Waals surface area contributed by atoms with E-state index < -0.39 is 21.3 Å². The van der Waals surface area contributed by atoms with Gasteiger partial charge >= 0.3 is 0 Å². The molecule has 1 amide bonds. The van der Waals surface area contributed by atoms with Crippen LogP contribution in [-0.4, -0.2) is 52.2 Å². The molecule has 0 aliphatic carbocycles. The molecule has 0 spiro atoms. The Morgan fingerprint density at radius 2 is 1.78 bits per heavy atom. The molecule has 7 nitrogen and oxygen atoms in total. The summed E-state index contributed by atoms with van der Waals surface area (Å²) in [5.41, 5.74) is 4.44. The lowest BCUT2D eigenvalue weighted by Gasteiger charge is -2.38. The maximum Gasteiger partial charge on any atom is 0.240 e. The van der Waals surface area contributed by atoms with E-state index in [1.165, 1.54) is 17.7 Å². The van der Waals surface area contributed by atoms with E-state index >= 15 is 0 Å². The van der Waals surface area contributed by atoms with Crippen molar-refractivity contribution < 1.29 is 27.1 Å². The summed E-state index contributed by atoms with van der Waals surface area (Å²) in [6, 6.07) is 10.6. The zero-order chi connectivity index (χ0) is 26.8. The molecule has 200 valence electrons. The zero-order valence-corrected chi connectivity index (χ0v) is 22.7. The topological polar surface area (TPSA) is 84.9 Å². The van der Waals surface area contributed by atoms with Gasteiger partial charge < -0.3 is 14.4 Å². The van der Waals surface area contributed by atoms with Crippen LogP contribution in [0.1, 0.15) is 56.2 Å². The van der Waals surface area contributed by atoms with Crippen LogP contribution in [0, 0.1) is 11.2 Å². The number of benzene rings is 2. The molecule has 2 heterocycles. The van der Waals surface area contributed by atoms with Crippen molar-refractivity contribution in [2.45, 2.75) is 46.1 Å². The first-order chi connectivity index (χ1) is 17.6. The summed E-state index contributed by atoms with van der Waals surface area (Å²) in [6.45, 7) is 6.12. The summed E-state index contributed by atoms with van der Waals surface area (Å²) in [6.07, 6.45) is 3.64. The first kappa shape index (κ1) is 27.1. The predicted octanol–water partition coefficient (Wildman–Crippen LogP) is 4.51. The molecular formula is C28H35FN2O5S. The molecule has 2 aromatic rings. The minimum Gasteiger partial charge on any atom is -0.497 e. The van der Waals surface area contributed by atoms with Crippen molar-refractivity contribution in [1.82, 2.24) is 9.62 Å². The Labute approximate surface area is 218 Å². The summed E-state index contributed by atoms with van der Waals surface area (Å²) in [5.74, 6) is 0.475. The van der Waals surface area contributed by atoms with E-state index in [0.29, 0.717) is 31.7 Å². The monoisotopic (exact) mass is 530 g/mol. The van der Waals surface area contributed by atoms with E-state index in [2.05, 4.69) is 9.62 Å². The van der Waals surface area contributed by atoms with Crippen LogP contribution in [-0.2, 0) is 21.4 Å². The van der Waals surface area contributed by atoms with E-state index in [9.17, 15) is 17.6 Å². The number of carbonyl (C=O) groups excluding carboxylic acids is 1. The highest BCUT2D eigenvalue weighted by molar-refractivity contribution is 7.89. The molecule has 0 bridgehead atoms. The Balaban J connectivity index is 1.65. The van der Waals surface area contributed by atoms with Gasteiger partial charge in [-0.3, -0.25) is 9.52 Å². The maximum atomic E-state index is 14.1. The van der Waals surface area contributed by atoms with Crippen LogP contribution in [0.2, 0.25) is 0 Å². The fourth-order valence-electron chi connectivity index (χ4n) is 5.37. The number of ether oxygens (including phenoxy) is 2. The highest BCUT2D eigenvalue weighted by Gasteiger charge is 2.38. The third-order valence-electron chi connectivity index (χ3n) is 7.63. The van der Waals surface area contributed by atoms with Gasteiger partial charge in [0.15, 0.2) is 0 Å². The highest BCUT2D eigenvalue weighted by atomic mass is 32.2. The van der Waals surface area contributed by atoms with Crippen LogP contribution in [0.5, 0.6) is 11.5 Å². The molecule has 0 atom stereocenters. The van der Waals surface area contributed by atoms with E-state index in [1.54, 1.807) is 13.2 Å². The number of methoxy groups -OCH3 is 1. The number of likely N-dealkylation sites (tertiary alicyclic amines) is 1. The lowest BCUT2D eigenvalue weighted by Crippen LogP contribution is -2.50. The number of sulfonamides is 1. The number of piperidine rings is 1. The number of rotatable bonds is 7. The van der Waals surface area contributed by atoms with Gasteiger partial charge in [-0.05, 0) is 61.1 Å². The van der Waals surface area contributed by atoms with E-state index in [0.717, 1.165) is 60.2 Å². The second-order valence-electron chi connectivity index (χ2n) is 9.90. The number of hydrogen-bond acceptors (Lipinski definition) is 6. The second-order valence-corrected chi connectivity index (χ2v) is 11.6. The van der Waals surface area contributed by atoms with Crippen molar-refractivity contribution in [3.8, 4) is 11.5 Å². The summed E-state index contributed by atoms with van der Waals surface area (Å²) in [5, 5.41) is 0. The van der Waals surface area contributed by atoms with Crippen LogP contribution < -0.4 is 14.2 Å². The molecule has 37 heavy (non-hydrogen) atoms. The summed E-state index contributed by atoms with van der Waals surface area (Å²) >= 11 is 0. The van der Waals surface area contributed by atoms with Crippen molar-refractivity contribution in [1.29, 1.82) is 0 Å². The average Bonchev–Trinajstić information content (AvgIpc) is 3.02. The molecule has 1 saturated heterocycles. The molecule has 1 N–H and O–H groups in total. The first-order valence-electron chi connectivity index (χ1n) is 12.7. The van der Waals surface area contributed by atoms with Gasteiger partial charge in [0.2, 0.25) is 15.9 Å². The number of nitrogens with one attached hydrogen (secondary N) is 1. The summed E-state index contributed by atoms with van der Waals surface area (Å²) in [4.78, 5) is 15.2. The molecule has 0 radical (unpaired) electrons. The molecule has 4 rings (SSSR count). The Bertz CT molecular complexity index is 1310. The Morgan fingerprint density at radius 3 is 2.41 bits per heavy atom. The van der Waals surface area contributed by atoms with Crippen LogP contribution in [0.25, 0.3) is 5.57 Å². The van der Waals surface area contributed by atoms with Gasteiger partial charge in [-0.15, -0.1) is 0 Å². The van der Waals surface area contributed by atoms with Gasteiger partial charge in [0.25, 0.3) is 0 Å². The molecule has 0 aromatic heterocycles. The van der Waals surface area contributed by atoms with Crippen LogP contribution in [0.4, 0.5) is 4.39 Å². The number of carbonyl (C=O) groups is 1. The lowest BCUT2D eigenvalue weighted by atomic mass is 9.80. The molecule has 9 heteroatoms. The summed E-state index contributed by atoms with van der Waals surface area (Å²) < 4.78 is 51.2. The third-order valence-corrected chi connectivity index (χ3v) is 8.19. The highest BCUT2D eigenvalue weighted by Crippen LogP contribution is 2.42.